The van der Waals surface area contributed by atoms with Gasteiger partial charge in [0.15, 0.2) is 0 Å². The van der Waals surface area contributed by atoms with Crippen molar-refractivity contribution in [2.45, 2.75) is 12.0 Å². The number of urea groups is 2. The first kappa shape index (κ1) is 14.9. The van der Waals surface area contributed by atoms with Crippen LogP contribution in [0.5, 0.6) is 0 Å². The zero-order valence-electron chi connectivity index (χ0n) is 12.6. The summed E-state index contributed by atoms with van der Waals surface area (Å²) in [6, 6.07) is 7.30. The Balaban J connectivity index is 2.07. The van der Waals surface area contributed by atoms with E-state index in [1.54, 1.807) is 30.3 Å². The highest BCUT2D eigenvalue weighted by atomic mass is 16.2. The van der Waals surface area contributed by atoms with Gasteiger partial charge in [0.05, 0.1) is 5.71 Å². The van der Waals surface area contributed by atoms with Crippen molar-refractivity contribution in [1.29, 1.82) is 0 Å². The molecule has 0 aromatic heterocycles. The number of barbiturate groups is 1. The molecule has 2 aliphatic rings. The summed E-state index contributed by atoms with van der Waals surface area (Å²) < 4.78 is 0. The third kappa shape index (κ3) is 2.10. The summed E-state index contributed by atoms with van der Waals surface area (Å²) in [5.41, 5.74) is -0.863. The highest BCUT2D eigenvalue weighted by Crippen LogP contribution is 2.28. The number of nitrogens with one attached hydrogen (secondary N) is 1. The zero-order valence-corrected chi connectivity index (χ0v) is 12.6. The summed E-state index contributed by atoms with van der Waals surface area (Å²) in [6.07, 6.45) is -0.109. The van der Waals surface area contributed by atoms with E-state index in [-0.39, 0.29) is 6.42 Å². The Bertz CT molecular complexity index is 732. The number of hydrogen-bond donors (Lipinski definition) is 1. The second kappa shape index (κ2) is 5.01. The van der Waals surface area contributed by atoms with Crippen molar-refractivity contribution >= 4 is 29.6 Å². The molecule has 1 aromatic carbocycles. The molecule has 2 heterocycles. The number of imide groups is 2. The van der Waals surface area contributed by atoms with Crippen molar-refractivity contribution in [3.63, 3.8) is 0 Å². The highest BCUT2D eigenvalue weighted by Gasteiger charge is 2.58. The normalized spacial score (nSPS) is 20.7. The van der Waals surface area contributed by atoms with Crippen LogP contribution in [0.4, 0.5) is 9.59 Å². The Hall–Kier alpha value is -3.03. The van der Waals surface area contributed by atoms with Crippen LogP contribution in [0.2, 0.25) is 0 Å². The van der Waals surface area contributed by atoms with E-state index in [1.807, 2.05) is 0 Å². The maximum absolute atomic E-state index is 12.6. The van der Waals surface area contributed by atoms with E-state index in [0.29, 0.717) is 11.3 Å². The molecule has 0 radical (unpaired) electrons. The molecule has 0 bridgehead atoms. The number of nitrogens with zero attached hydrogens (tertiary/aromatic N) is 3. The summed E-state index contributed by atoms with van der Waals surface area (Å²) in [6.45, 7) is 0. The number of carbonyl (C=O) groups excluding carboxylic acids is 4. The average molecular weight is 314 g/mol. The quantitative estimate of drug-likeness (QED) is 0.757. The summed E-state index contributed by atoms with van der Waals surface area (Å²) in [4.78, 5) is 54.5. The lowest BCUT2D eigenvalue weighted by Gasteiger charge is -2.42. The fourth-order valence-electron chi connectivity index (χ4n) is 2.79. The van der Waals surface area contributed by atoms with Gasteiger partial charge in [0.25, 0.3) is 11.8 Å². The molecule has 0 aliphatic carbocycles. The molecule has 8 nitrogen and oxygen atoms in total. The molecule has 6 amide bonds. The fraction of sp³-hybridized carbons (Fsp3) is 0.267. The zero-order chi connectivity index (χ0) is 16.8. The number of hydrogen-bond acceptors (Lipinski definition) is 4. The third-order valence-electron chi connectivity index (χ3n) is 4.01. The lowest BCUT2D eigenvalue weighted by Crippen LogP contribution is -2.74. The minimum Gasteiger partial charge on any atom is -0.313 e. The van der Waals surface area contributed by atoms with E-state index in [2.05, 4.69) is 10.3 Å². The standard InChI is InChI=1S/C15H14N4O4/c1-18-11(20)15(12(21)19(2)14(18)23)8-10(16-13(22)17-15)9-6-4-3-5-7-9/h3-7H,8H2,1-2H3,(H,17,22). The fourth-order valence-corrected chi connectivity index (χ4v) is 2.79. The second-order valence-corrected chi connectivity index (χ2v) is 5.45. The molecule has 0 unspecified atom stereocenters. The van der Waals surface area contributed by atoms with E-state index in [1.165, 1.54) is 14.1 Å². The predicted octanol–water partition coefficient (Wildman–Crippen LogP) is 0.378. The van der Waals surface area contributed by atoms with Crippen LogP contribution in [0.1, 0.15) is 12.0 Å². The maximum atomic E-state index is 12.6. The number of amides is 6. The first-order valence-electron chi connectivity index (χ1n) is 6.92. The van der Waals surface area contributed by atoms with E-state index in [4.69, 9.17) is 0 Å². The van der Waals surface area contributed by atoms with Crippen LogP contribution in [-0.2, 0) is 9.59 Å². The summed E-state index contributed by atoms with van der Waals surface area (Å²) >= 11 is 0. The molecular weight excluding hydrogens is 300 g/mol. The van der Waals surface area contributed by atoms with Gasteiger partial charge < -0.3 is 5.32 Å². The minimum atomic E-state index is -1.83. The Morgan fingerprint density at radius 3 is 2.13 bits per heavy atom. The smallest absolute Gasteiger partial charge is 0.313 e. The number of benzene rings is 1. The third-order valence-corrected chi connectivity index (χ3v) is 4.01. The lowest BCUT2D eigenvalue weighted by molar-refractivity contribution is -0.150. The van der Waals surface area contributed by atoms with Crippen LogP contribution < -0.4 is 5.32 Å². The second-order valence-electron chi connectivity index (χ2n) is 5.45. The van der Waals surface area contributed by atoms with Crippen molar-refractivity contribution in [3.8, 4) is 0 Å². The molecule has 23 heavy (non-hydrogen) atoms. The molecule has 8 heteroatoms. The van der Waals surface area contributed by atoms with Crippen molar-refractivity contribution < 1.29 is 19.2 Å². The lowest BCUT2D eigenvalue weighted by atomic mass is 9.84. The first-order valence-corrected chi connectivity index (χ1v) is 6.92. The number of carbonyl (C=O) groups is 4. The maximum Gasteiger partial charge on any atom is 0.342 e. The van der Waals surface area contributed by atoms with Gasteiger partial charge in [-0.25, -0.2) is 9.59 Å². The van der Waals surface area contributed by atoms with E-state index >= 15 is 0 Å². The predicted molar refractivity (Wildman–Crippen MR) is 79.8 cm³/mol. The largest absolute Gasteiger partial charge is 0.342 e. The first-order chi connectivity index (χ1) is 10.9. The van der Waals surface area contributed by atoms with Crippen molar-refractivity contribution in [2.24, 2.45) is 4.99 Å². The van der Waals surface area contributed by atoms with E-state index in [0.717, 1.165) is 9.80 Å². The SMILES string of the molecule is CN1C(=O)N(C)C(=O)C2(CC(c3ccccc3)=NC(=O)N2)C1=O. The van der Waals surface area contributed by atoms with E-state index < -0.39 is 29.4 Å². The summed E-state index contributed by atoms with van der Waals surface area (Å²) in [5.74, 6) is -1.52. The molecule has 3 rings (SSSR count). The van der Waals surface area contributed by atoms with E-state index in [9.17, 15) is 19.2 Å². The van der Waals surface area contributed by atoms with Gasteiger partial charge in [0, 0.05) is 20.5 Å². The van der Waals surface area contributed by atoms with Crippen molar-refractivity contribution in [1.82, 2.24) is 15.1 Å². The molecule has 1 aromatic rings. The Labute approximate surface area is 131 Å². The number of likely N-dealkylation sites (N-methyl/N-ethyl adjacent to an activating group) is 2. The molecule has 1 spiro atoms. The topological polar surface area (TPSA) is 99.2 Å². The molecule has 0 atom stereocenters. The highest BCUT2D eigenvalue weighted by molar-refractivity contribution is 6.27. The van der Waals surface area contributed by atoms with Gasteiger partial charge in [-0.1, -0.05) is 30.3 Å². The molecule has 1 fully saturated rings. The molecule has 1 saturated heterocycles. The molecule has 1 N–H and O–H groups in total. The van der Waals surface area contributed by atoms with Gasteiger partial charge in [-0.05, 0) is 5.56 Å². The van der Waals surface area contributed by atoms with Gasteiger partial charge in [-0.15, -0.1) is 0 Å². The van der Waals surface area contributed by atoms with Crippen LogP contribution in [-0.4, -0.2) is 59.0 Å². The molecule has 118 valence electrons. The molecule has 0 saturated carbocycles. The van der Waals surface area contributed by atoms with Gasteiger partial charge in [-0.3, -0.25) is 19.4 Å². The summed E-state index contributed by atoms with van der Waals surface area (Å²) in [7, 11) is 2.55. The Morgan fingerprint density at radius 1 is 1.00 bits per heavy atom. The van der Waals surface area contributed by atoms with Crippen LogP contribution in [0.15, 0.2) is 35.3 Å². The molecule has 2 aliphatic heterocycles. The van der Waals surface area contributed by atoms with Crippen molar-refractivity contribution in [2.75, 3.05) is 14.1 Å². The van der Waals surface area contributed by atoms with Crippen LogP contribution in [0.25, 0.3) is 0 Å². The van der Waals surface area contributed by atoms with Gasteiger partial charge in [0.2, 0.25) is 5.54 Å². The van der Waals surface area contributed by atoms with Gasteiger partial charge in [0.1, 0.15) is 0 Å². The number of rotatable bonds is 1. The van der Waals surface area contributed by atoms with Gasteiger partial charge in [-0.2, -0.15) is 4.99 Å². The number of aliphatic imine (C=N–C) groups is 1. The minimum absolute atomic E-state index is 0.109. The van der Waals surface area contributed by atoms with Gasteiger partial charge >= 0.3 is 12.1 Å². The summed E-state index contributed by atoms with van der Waals surface area (Å²) in [5, 5.41) is 2.35. The van der Waals surface area contributed by atoms with Crippen LogP contribution in [0, 0.1) is 0 Å². The van der Waals surface area contributed by atoms with Crippen LogP contribution >= 0.6 is 0 Å². The molecular formula is C15H14N4O4. The van der Waals surface area contributed by atoms with Crippen LogP contribution in [0.3, 0.4) is 0 Å². The monoisotopic (exact) mass is 314 g/mol. The average Bonchev–Trinajstić information content (AvgIpc) is 2.57. The Morgan fingerprint density at radius 2 is 1.57 bits per heavy atom. The Kier molecular flexibility index (Phi) is 3.24. The van der Waals surface area contributed by atoms with Crippen molar-refractivity contribution in [3.05, 3.63) is 35.9 Å².